The van der Waals surface area contributed by atoms with E-state index in [-0.39, 0.29) is 0 Å². The van der Waals surface area contributed by atoms with E-state index in [1.807, 2.05) is 20.8 Å². The van der Waals surface area contributed by atoms with Crippen molar-refractivity contribution in [3.8, 4) is 6.08 Å². The van der Waals surface area contributed by atoms with Crippen molar-refractivity contribution in [2.24, 2.45) is 0 Å². The topological polar surface area (TPSA) is 35.3 Å². The van der Waals surface area contributed by atoms with E-state index in [4.69, 9.17) is 9.15 Å². The monoisotopic (exact) mass is 141 g/mol. The molecule has 0 unspecified atom stereocenters. The Kier molecular flexibility index (Phi) is 1.94. The van der Waals surface area contributed by atoms with Crippen LogP contribution in [-0.4, -0.2) is 11.6 Å². The summed E-state index contributed by atoms with van der Waals surface area (Å²) in [6.45, 7) is 6.25. The van der Waals surface area contributed by atoms with Gasteiger partial charge < -0.3 is 9.15 Å². The Morgan fingerprint density at radius 2 is 2.20 bits per heavy atom. The molecule has 0 aliphatic heterocycles. The summed E-state index contributed by atoms with van der Waals surface area (Å²) in [6, 6.07) is 0. The van der Waals surface area contributed by atoms with Crippen LogP contribution in [0.1, 0.15) is 18.4 Å². The van der Waals surface area contributed by atoms with Crippen LogP contribution in [0.15, 0.2) is 4.42 Å². The molecule has 0 fully saturated rings. The summed E-state index contributed by atoms with van der Waals surface area (Å²) in [5.74, 6) is 0.823. The maximum atomic E-state index is 5.12. The van der Waals surface area contributed by atoms with Crippen LogP contribution in [0.4, 0.5) is 0 Å². The molecule has 0 bridgehead atoms. The minimum atomic E-state index is 0.373. The van der Waals surface area contributed by atoms with Crippen molar-refractivity contribution in [1.82, 2.24) is 4.98 Å². The lowest BCUT2D eigenvalue weighted by atomic mass is 10.4. The van der Waals surface area contributed by atoms with Crippen molar-refractivity contribution in [3.05, 3.63) is 11.5 Å². The molecule has 1 rings (SSSR count). The largest absolute Gasteiger partial charge is 0.450 e. The molecule has 0 amide bonds. The van der Waals surface area contributed by atoms with Crippen LogP contribution in [0.3, 0.4) is 0 Å². The molecule has 0 radical (unpaired) electrons. The van der Waals surface area contributed by atoms with Crippen molar-refractivity contribution in [2.75, 3.05) is 6.61 Å². The van der Waals surface area contributed by atoms with Gasteiger partial charge in [-0.15, -0.1) is 0 Å². The van der Waals surface area contributed by atoms with Gasteiger partial charge in [-0.25, -0.2) is 0 Å². The molecule has 1 heterocycles. The van der Waals surface area contributed by atoms with Gasteiger partial charge in [0.15, 0.2) is 0 Å². The number of nitrogens with zero attached hydrogens (tertiary/aromatic N) is 1. The second kappa shape index (κ2) is 2.73. The zero-order valence-corrected chi connectivity index (χ0v) is 6.47. The maximum absolute atomic E-state index is 5.12. The lowest BCUT2D eigenvalue weighted by molar-refractivity contribution is 0.240. The minimum Gasteiger partial charge on any atom is -0.450 e. The average Bonchev–Trinajstić information content (AvgIpc) is 2.14. The number of ether oxygens (including phenoxy) is 1. The lowest BCUT2D eigenvalue weighted by Crippen LogP contribution is -1.90. The fourth-order valence-corrected chi connectivity index (χ4v) is 0.629. The highest BCUT2D eigenvalue weighted by molar-refractivity contribution is 5.07. The summed E-state index contributed by atoms with van der Waals surface area (Å²) in [5, 5.41) is 0. The normalized spacial score (nSPS) is 9.90. The van der Waals surface area contributed by atoms with Crippen LogP contribution in [0.5, 0.6) is 6.08 Å². The first kappa shape index (κ1) is 7.12. The molecule has 0 spiro atoms. The van der Waals surface area contributed by atoms with Crippen LogP contribution in [-0.2, 0) is 0 Å². The number of hydrogen-bond donors (Lipinski definition) is 0. The summed E-state index contributed by atoms with van der Waals surface area (Å²) in [4.78, 5) is 4.01. The molecule has 0 N–H and O–H groups in total. The fourth-order valence-electron chi connectivity index (χ4n) is 0.629. The summed E-state index contributed by atoms with van der Waals surface area (Å²) in [5.41, 5.74) is 0.892. The molecule has 3 heteroatoms. The second-order valence-electron chi connectivity index (χ2n) is 2.05. The van der Waals surface area contributed by atoms with Crippen molar-refractivity contribution in [1.29, 1.82) is 0 Å². The first-order chi connectivity index (χ1) is 4.74. The van der Waals surface area contributed by atoms with Gasteiger partial charge in [0.05, 0.1) is 12.3 Å². The summed E-state index contributed by atoms with van der Waals surface area (Å²) in [6.07, 6.45) is 0.373. The summed E-state index contributed by atoms with van der Waals surface area (Å²) < 4.78 is 10.2. The zero-order chi connectivity index (χ0) is 7.56. The molecule has 0 aliphatic carbocycles. The quantitative estimate of drug-likeness (QED) is 0.628. The van der Waals surface area contributed by atoms with Gasteiger partial charge in [0, 0.05) is 0 Å². The Bertz CT molecular complexity index is 198. The number of rotatable bonds is 2. The van der Waals surface area contributed by atoms with Gasteiger partial charge in [-0.3, -0.25) is 0 Å². The maximum Gasteiger partial charge on any atom is 0.393 e. The zero-order valence-electron chi connectivity index (χ0n) is 6.47. The van der Waals surface area contributed by atoms with Crippen molar-refractivity contribution >= 4 is 0 Å². The van der Waals surface area contributed by atoms with Crippen molar-refractivity contribution in [3.63, 3.8) is 0 Å². The van der Waals surface area contributed by atoms with Crippen molar-refractivity contribution in [2.45, 2.75) is 20.8 Å². The molecule has 0 aromatic carbocycles. The molecule has 0 atom stereocenters. The SMILES string of the molecule is CCOc1nc(C)c(C)o1. The molecule has 1 aromatic heterocycles. The average molecular weight is 141 g/mol. The van der Waals surface area contributed by atoms with E-state index in [9.17, 15) is 0 Å². The highest BCUT2D eigenvalue weighted by atomic mass is 16.6. The molecular weight excluding hydrogens is 130 g/mol. The van der Waals surface area contributed by atoms with Crippen LogP contribution in [0.2, 0.25) is 0 Å². The van der Waals surface area contributed by atoms with Crippen LogP contribution >= 0.6 is 0 Å². The number of oxazole rings is 1. The summed E-state index contributed by atoms with van der Waals surface area (Å²) >= 11 is 0. The first-order valence-electron chi connectivity index (χ1n) is 3.31. The van der Waals surface area contributed by atoms with E-state index in [1.54, 1.807) is 0 Å². The molecule has 0 saturated heterocycles. The number of aryl methyl sites for hydroxylation is 2. The predicted molar refractivity (Wildman–Crippen MR) is 37.1 cm³/mol. The van der Waals surface area contributed by atoms with Crippen LogP contribution in [0, 0.1) is 13.8 Å². The van der Waals surface area contributed by atoms with E-state index >= 15 is 0 Å². The van der Waals surface area contributed by atoms with Crippen molar-refractivity contribution < 1.29 is 9.15 Å². The first-order valence-corrected chi connectivity index (χ1v) is 3.31. The minimum absolute atomic E-state index is 0.373. The smallest absolute Gasteiger partial charge is 0.393 e. The van der Waals surface area contributed by atoms with Gasteiger partial charge in [0.25, 0.3) is 0 Å². The highest BCUT2D eigenvalue weighted by Crippen LogP contribution is 2.14. The highest BCUT2D eigenvalue weighted by Gasteiger charge is 2.03. The molecule has 3 nitrogen and oxygen atoms in total. The summed E-state index contributed by atoms with van der Waals surface area (Å²) in [7, 11) is 0. The van der Waals surface area contributed by atoms with Gasteiger partial charge in [0.2, 0.25) is 0 Å². The Morgan fingerprint density at radius 3 is 2.60 bits per heavy atom. The Labute approximate surface area is 60.0 Å². The fraction of sp³-hybridized carbons (Fsp3) is 0.571. The van der Waals surface area contributed by atoms with Crippen LogP contribution < -0.4 is 4.74 Å². The molecule has 1 aromatic rings. The Hall–Kier alpha value is -0.990. The van der Waals surface area contributed by atoms with E-state index < -0.39 is 0 Å². The van der Waals surface area contributed by atoms with Gasteiger partial charge in [-0.05, 0) is 20.8 Å². The van der Waals surface area contributed by atoms with Crippen LogP contribution in [0.25, 0.3) is 0 Å². The standard InChI is InChI=1S/C7H11NO2/c1-4-9-7-8-5(2)6(3)10-7/h4H2,1-3H3. The second-order valence-corrected chi connectivity index (χ2v) is 2.05. The van der Waals surface area contributed by atoms with E-state index in [2.05, 4.69) is 4.98 Å². The molecular formula is C7H11NO2. The molecule has 0 aliphatic rings. The molecule has 0 saturated carbocycles. The van der Waals surface area contributed by atoms with Gasteiger partial charge in [-0.2, -0.15) is 4.98 Å². The predicted octanol–water partition coefficient (Wildman–Crippen LogP) is 1.69. The van der Waals surface area contributed by atoms with E-state index in [1.165, 1.54) is 0 Å². The van der Waals surface area contributed by atoms with E-state index in [0.29, 0.717) is 12.7 Å². The van der Waals surface area contributed by atoms with E-state index in [0.717, 1.165) is 11.5 Å². The molecule has 10 heavy (non-hydrogen) atoms. The van der Waals surface area contributed by atoms with Gasteiger partial charge in [0.1, 0.15) is 5.76 Å². The number of aromatic nitrogens is 1. The van der Waals surface area contributed by atoms with Gasteiger partial charge >= 0.3 is 6.08 Å². The third kappa shape index (κ3) is 1.29. The molecule has 56 valence electrons. The Morgan fingerprint density at radius 1 is 1.50 bits per heavy atom. The lowest BCUT2D eigenvalue weighted by Gasteiger charge is -1.91. The Balaban J connectivity index is 2.77. The number of hydrogen-bond acceptors (Lipinski definition) is 3. The third-order valence-corrected chi connectivity index (χ3v) is 1.28. The third-order valence-electron chi connectivity index (χ3n) is 1.28. The van der Waals surface area contributed by atoms with Gasteiger partial charge in [-0.1, -0.05) is 0 Å².